The third-order valence-corrected chi connectivity index (χ3v) is 3.95. The van der Waals surface area contributed by atoms with Crippen LogP contribution in [-0.4, -0.2) is 17.8 Å². The molecule has 0 spiro atoms. The summed E-state index contributed by atoms with van der Waals surface area (Å²) < 4.78 is 5.79. The molecule has 0 saturated heterocycles. The van der Waals surface area contributed by atoms with Crippen molar-refractivity contribution in [2.45, 2.75) is 25.9 Å². The molecule has 0 radical (unpaired) electrons. The molecule has 2 N–H and O–H groups in total. The lowest BCUT2D eigenvalue weighted by atomic mass is 10.1. The molecule has 1 heterocycles. The van der Waals surface area contributed by atoms with Crippen LogP contribution in [0.15, 0.2) is 51.7 Å². The topological polar surface area (TPSA) is 62.5 Å². The van der Waals surface area contributed by atoms with Gasteiger partial charge in [0.25, 0.3) is 0 Å². The van der Waals surface area contributed by atoms with Gasteiger partial charge in [-0.1, -0.05) is 25.1 Å². The van der Waals surface area contributed by atoms with Crippen molar-refractivity contribution in [3.63, 3.8) is 0 Å². The Morgan fingerprint density at radius 1 is 1.13 bits per heavy atom. The number of hydrogen-bond acceptors (Lipinski definition) is 4. The lowest BCUT2D eigenvalue weighted by molar-refractivity contribution is 0.238. The van der Waals surface area contributed by atoms with Gasteiger partial charge in [0.2, 0.25) is 5.43 Å². The van der Waals surface area contributed by atoms with Crippen molar-refractivity contribution in [2.75, 3.05) is 6.61 Å². The highest BCUT2D eigenvalue weighted by atomic mass is 35.5. The molecular weight excluding hydrogens is 314 g/mol. The smallest absolute Gasteiger partial charge is 0.200 e. The standard InChI is InChI=1S/C18H19NO3.ClH/c1-2-13(11-20)19-10-12-7-8-17-15(9-12)18(21)14-5-3-4-6-16(14)22-17;/h3-9,13,19-20H,2,10-11H2,1H3;1H/t13-;/m1./s1. The third-order valence-electron chi connectivity index (χ3n) is 3.95. The van der Waals surface area contributed by atoms with E-state index in [-0.39, 0.29) is 30.5 Å². The van der Waals surface area contributed by atoms with Crippen molar-refractivity contribution in [3.05, 3.63) is 58.3 Å². The first-order valence-electron chi connectivity index (χ1n) is 7.51. The molecular formula is C18H20ClNO3. The molecule has 0 aliphatic rings. The molecule has 23 heavy (non-hydrogen) atoms. The van der Waals surface area contributed by atoms with Crippen LogP contribution in [0, 0.1) is 0 Å². The van der Waals surface area contributed by atoms with E-state index in [0.29, 0.717) is 28.5 Å². The number of para-hydroxylation sites is 1. The lowest BCUT2D eigenvalue weighted by Crippen LogP contribution is -2.31. The van der Waals surface area contributed by atoms with Crippen LogP contribution in [0.4, 0.5) is 0 Å². The van der Waals surface area contributed by atoms with Crippen molar-refractivity contribution >= 4 is 34.3 Å². The predicted octanol–water partition coefficient (Wildman–Crippen LogP) is 3.23. The van der Waals surface area contributed by atoms with Crippen LogP contribution in [0.2, 0.25) is 0 Å². The summed E-state index contributed by atoms with van der Waals surface area (Å²) in [6, 6.07) is 13.0. The van der Waals surface area contributed by atoms with E-state index in [1.54, 1.807) is 12.1 Å². The lowest BCUT2D eigenvalue weighted by Gasteiger charge is -2.14. The normalized spacial score (nSPS) is 12.3. The summed E-state index contributed by atoms with van der Waals surface area (Å²) in [4.78, 5) is 12.6. The van der Waals surface area contributed by atoms with Crippen LogP contribution in [-0.2, 0) is 6.54 Å². The number of nitrogens with one attached hydrogen (secondary N) is 1. The molecule has 0 fully saturated rings. The first kappa shape index (κ1) is 17.5. The summed E-state index contributed by atoms with van der Waals surface area (Å²) in [5.41, 5.74) is 2.20. The Balaban J connectivity index is 0.00000192. The van der Waals surface area contributed by atoms with Crippen molar-refractivity contribution in [3.8, 4) is 0 Å². The summed E-state index contributed by atoms with van der Waals surface area (Å²) in [6.45, 7) is 2.74. The van der Waals surface area contributed by atoms with Crippen LogP contribution in [0.3, 0.4) is 0 Å². The van der Waals surface area contributed by atoms with Crippen LogP contribution in [0.5, 0.6) is 0 Å². The monoisotopic (exact) mass is 333 g/mol. The Bertz CT molecular complexity index is 856. The largest absolute Gasteiger partial charge is 0.456 e. The van der Waals surface area contributed by atoms with Crippen LogP contribution >= 0.6 is 12.4 Å². The Morgan fingerprint density at radius 2 is 1.87 bits per heavy atom. The van der Waals surface area contributed by atoms with Crippen molar-refractivity contribution in [1.82, 2.24) is 5.32 Å². The molecule has 1 aromatic heterocycles. The second-order valence-electron chi connectivity index (χ2n) is 5.43. The van der Waals surface area contributed by atoms with Gasteiger partial charge in [0, 0.05) is 12.6 Å². The zero-order valence-electron chi connectivity index (χ0n) is 12.9. The zero-order valence-corrected chi connectivity index (χ0v) is 13.7. The van der Waals surface area contributed by atoms with Gasteiger partial charge in [0.05, 0.1) is 17.4 Å². The van der Waals surface area contributed by atoms with Gasteiger partial charge in [-0.2, -0.15) is 0 Å². The van der Waals surface area contributed by atoms with Gasteiger partial charge in [0.1, 0.15) is 11.2 Å². The number of hydrogen-bond donors (Lipinski definition) is 2. The summed E-state index contributed by atoms with van der Waals surface area (Å²) in [7, 11) is 0. The van der Waals surface area contributed by atoms with Gasteiger partial charge < -0.3 is 14.8 Å². The number of aliphatic hydroxyl groups is 1. The van der Waals surface area contributed by atoms with Crippen LogP contribution < -0.4 is 10.7 Å². The first-order valence-corrected chi connectivity index (χ1v) is 7.51. The van der Waals surface area contributed by atoms with Gasteiger partial charge in [-0.05, 0) is 36.2 Å². The number of halogens is 1. The Labute approximate surface area is 140 Å². The van der Waals surface area contributed by atoms with Gasteiger partial charge >= 0.3 is 0 Å². The van der Waals surface area contributed by atoms with Crippen molar-refractivity contribution in [1.29, 1.82) is 0 Å². The molecule has 3 aromatic rings. The van der Waals surface area contributed by atoms with E-state index in [1.165, 1.54) is 0 Å². The summed E-state index contributed by atoms with van der Waals surface area (Å²) in [6.07, 6.45) is 0.858. The van der Waals surface area contributed by atoms with E-state index in [2.05, 4.69) is 5.32 Å². The minimum absolute atomic E-state index is 0. The molecule has 0 amide bonds. The summed E-state index contributed by atoms with van der Waals surface area (Å²) >= 11 is 0. The number of benzene rings is 2. The van der Waals surface area contributed by atoms with Crippen LogP contribution in [0.25, 0.3) is 21.9 Å². The number of fused-ring (bicyclic) bond motifs is 2. The molecule has 2 aromatic carbocycles. The predicted molar refractivity (Wildman–Crippen MR) is 95.2 cm³/mol. The van der Waals surface area contributed by atoms with E-state index >= 15 is 0 Å². The first-order chi connectivity index (χ1) is 10.7. The van der Waals surface area contributed by atoms with Crippen molar-refractivity contribution in [2.24, 2.45) is 0 Å². The quantitative estimate of drug-likeness (QED) is 0.704. The fraction of sp³-hybridized carbons (Fsp3) is 0.278. The maximum Gasteiger partial charge on any atom is 0.200 e. The van der Waals surface area contributed by atoms with E-state index < -0.39 is 0 Å². The minimum Gasteiger partial charge on any atom is -0.456 e. The average Bonchev–Trinajstić information content (AvgIpc) is 2.56. The summed E-state index contributed by atoms with van der Waals surface area (Å²) in [5, 5.41) is 13.7. The van der Waals surface area contributed by atoms with Gasteiger partial charge in [0.15, 0.2) is 0 Å². The Kier molecular flexibility index (Phi) is 5.77. The fourth-order valence-corrected chi connectivity index (χ4v) is 2.56. The molecule has 4 nitrogen and oxygen atoms in total. The van der Waals surface area contributed by atoms with E-state index in [0.717, 1.165) is 12.0 Å². The molecule has 3 rings (SSSR count). The highest BCUT2D eigenvalue weighted by Gasteiger charge is 2.09. The molecule has 122 valence electrons. The van der Waals surface area contributed by atoms with Crippen molar-refractivity contribution < 1.29 is 9.52 Å². The number of rotatable bonds is 5. The molecule has 0 bridgehead atoms. The van der Waals surface area contributed by atoms with Crippen LogP contribution in [0.1, 0.15) is 18.9 Å². The van der Waals surface area contributed by atoms with Gasteiger partial charge in [-0.3, -0.25) is 4.79 Å². The molecule has 0 aliphatic carbocycles. The Hall–Kier alpha value is -1.88. The Morgan fingerprint density at radius 3 is 2.61 bits per heavy atom. The van der Waals surface area contributed by atoms with E-state index in [9.17, 15) is 9.90 Å². The molecule has 0 saturated carbocycles. The second kappa shape index (κ2) is 7.59. The maximum atomic E-state index is 12.6. The third kappa shape index (κ3) is 3.55. The highest BCUT2D eigenvalue weighted by molar-refractivity contribution is 5.89. The molecule has 0 aliphatic heterocycles. The molecule has 1 atom stereocenters. The second-order valence-corrected chi connectivity index (χ2v) is 5.43. The minimum atomic E-state index is -0.00657. The zero-order chi connectivity index (χ0) is 15.5. The summed E-state index contributed by atoms with van der Waals surface area (Å²) in [5.74, 6) is 0. The van der Waals surface area contributed by atoms with E-state index in [1.807, 2.05) is 37.3 Å². The molecule has 0 unspecified atom stereocenters. The highest BCUT2D eigenvalue weighted by Crippen LogP contribution is 2.19. The average molecular weight is 334 g/mol. The van der Waals surface area contributed by atoms with Gasteiger partial charge in [-0.15, -0.1) is 12.4 Å². The SMILES string of the molecule is CC[C@H](CO)NCc1ccc2oc3ccccc3c(=O)c2c1.Cl. The number of aliphatic hydroxyl groups excluding tert-OH is 1. The molecule has 5 heteroatoms. The maximum absolute atomic E-state index is 12.6. The van der Waals surface area contributed by atoms with Gasteiger partial charge in [-0.25, -0.2) is 0 Å². The fourth-order valence-electron chi connectivity index (χ4n) is 2.56. The van der Waals surface area contributed by atoms with E-state index in [4.69, 9.17) is 4.42 Å².